The SMILES string of the molecule is CCC(C)=NOCCN. The van der Waals surface area contributed by atoms with E-state index in [-0.39, 0.29) is 0 Å². The lowest BCUT2D eigenvalue weighted by atomic mass is 10.3. The van der Waals surface area contributed by atoms with Crippen LogP contribution >= 0.6 is 0 Å². The lowest BCUT2D eigenvalue weighted by Gasteiger charge is -1.95. The third-order valence-electron chi connectivity index (χ3n) is 0.941. The maximum atomic E-state index is 5.16. The van der Waals surface area contributed by atoms with Gasteiger partial charge in [-0.05, 0) is 13.3 Å². The average Bonchev–Trinajstić information content (AvgIpc) is 1.89. The highest BCUT2D eigenvalue weighted by Crippen LogP contribution is 1.84. The molecule has 0 spiro atoms. The molecule has 0 amide bonds. The minimum atomic E-state index is 0.511. The van der Waals surface area contributed by atoms with Crippen LogP contribution in [0.3, 0.4) is 0 Å². The molecule has 0 saturated heterocycles. The van der Waals surface area contributed by atoms with Crippen LogP contribution in [0, 0.1) is 0 Å². The Hall–Kier alpha value is -0.570. The summed E-state index contributed by atoms with van der Waals surface area (Å²) in [6, 6.07) is 0. The van der Waals surface area contributed by atoms with Gasteiger partial charge in [-0.2, -0.15) is 0 Å². The minimum Gasteiger partial charge on any atom is -0.395 e. The first kappa shape index (κ1) is 8.43. The number of oxime groups is 1. The fourth-order valence-electron chi connectivity index (χ4n) is 0.273. The molecule has 54 valence electrons. The van der Waals surface area contributed by atoms with Gasteiger partial charge in [0.1, 0.15) is 6.61 Å². The molecular weight excluding hydrogens is 116 g/mol. The van der Waals surface area contributed by atoms with Crippen LogP contribution in [0.15, 0.2) is 5.16 Å². The first-order valence-corrected chi connectivity index (χ1v) is 3.16. The molecule has 0 bridgehead atoms. The van der Waals surface area contributed by atoms with Crippen molar-refractivity contribution in [2.75, 3.05) is 13.2 Å². The van der Waals surface area contributed by atoms with E-state index in [1.54, 1.807) is 0 Å². The van der Waals surface area contributed by atoms with Gasteiger partial charge in [0.25, 0.3) is 0 Å². The van der Waals surface area contributed by atoms with Crippen molar-refractivity contribution in [3.8, 4) is 0 Å². The molecule has 0 aliphatic rings. The molecule has 0 aromatic rings. The summed E-state index contributed by atoms with van der Waals surface area (Å²) in [6.45, 7) is 5.00. The van der Waals surface area contributed by atoms with Gasteiger partial charge in [-0.1, -0.05) is 12.1 Å². The highest BCUT2D eigenvalue weighted by Gasteiger charge is 1.83. The molecule has 0 radical (unpaired) electrons. The zero-order chi connectivity index (χ0) is 7.11. The highest BCUT2D eigenvalue weighted by atomic mass is 16.6. The van der Waals surface area contributed by atoms with Crippen LogP contribution < -0.4 is 5.73 Å². The summed E-state index contributed by atoms with van der Waals surface area (Å²) < 4.78 is 0. The predicted octanol–water partition coefficient (Wildman–Crippen LogP) is 0.748. The van der Waals surface area contributed by atoms with Crippen LogP contribution in [-0.2, 0) is 4.84 Å². The van der Waals surface area contributed by atoms with Gasteiger partial charge in [0.05, 0.1) is 5.71 Å². The van der Waals surface area contributed by atoms with Gasteiger partial charge in [-0.15, -0.1) is 0 Å². The second kappa shape index (κ2) is 5.56. The van der Waals surface area contributed by atoms with Crippen LogP contribution in [-0.4, -0.2) is 18.9 Å². The second-order valence-corrected chi connectivity index (χ2v) is 1.80. The quantitative estimate of drug-likeness (QED) is 0.347. The van der Waals surface area contributed by atoms with Gasteiger partial charge in [0, 0.05) is 6.54 Å². The summed E-state index contributed by atoms with van der Waals surface area (Å²) in [4.78, 5) is 4.80. The molecule has 0 unspecified atom stereocenters. The van der Waals surface area contributed by atoms with E-state index >= 15 is 0 Å². The van der Waals surface area contributed by atoms with Gasteiger partial charge < -0.3 is 10.6 Å². The van der Waals surface area contributed by atoms with Crippen molar-refractivity contribution in [3.63, 3.8) is 0 Å². The molecule has 0 rings (SSSR count). The maximum absolute atomic E-state index is 5.16. The smallest absolute Gasteiger partial charge is 0.129 e. The molecule has 2 N–H and O–H groups in total. The first-order chi connectivity index (χ1) is 4.31. The molecule has 3 heteroatoms. The summed E-state index contributed by atoms with van der Waals surface area (Å²) in [6.07, 6.45) is 0.935. The van der Waals surface area contributed by atoms with Gasteiger partial charge in [-0.25, -0.2) is 0 Å². The normalized spacial score (nSPS) is 11.7. The van der Waals surface area contributed by atoms with Crippen molar-refractivity contribution in [1.82, 2.24) is 0 Å². The monoisotopic (exact) mass is 130 g/mol. The van der Waals surface area contributed by atoms with Gasteiger partial charge in [0.2, 0.25) is 0 Å². The number of rotatable bonds is 4. The van der Waals surface area contributed by atoms with Crippen LogP contribution in [0.5, 0.6) is 0 Å². The Morgan fingerprint density at radius 2 is 2.33 bits per heavy atom. The molecule has 0 aromatic carbocycles. The number of nitrogens with two attached hydrogens (primary N) is 1. The van der Waals surface area contributed by atoms with Crippen LogP contribution in [0.2, 0.25) is 0 Å². The molecule has 0 aliphatic heterocycles. The highest BCUT2D eigenvalue weighted by molar-refractivity contribution is 5.80. The Labute approximate surface area is 55.9 Å². The topological polar surface area (TPSA) is 47.6 Å². The van der Waals surface area contributed by atoms with Gasteiger partial charge >= 0.3 is 0 Å². The van der Waals surface area contributed by atoms with Crippen molar-refractivity contribution in [2.45, 2.75) is 20.3 Å². The maximum Gasteiger partial charge on any atom is 0.129 e. The summed E-state index contributed by atoms with van der Waals surface area (Å²) in [7, 11) is 0. The predicted molar refractivity (Wildman–Crippen MR) is 38.4 cm³/mol. The molecule has 0 atom stereocenters. The molecule has 0 aromatic heterocycles. The van der Waals surface area contributed by atoms with Crippen LogP contribution in [0.1, 0.15) is 20.3 Å². The van der Waals surface area contributed by atoms with Crippen molar-refractivity contribution in [1.29, 1.82) is 0 Å². The molecular formula is C6H14N2O. The van der Waals surface area contributed by atoms with Crippen LogP contribution in [0.4, 0.5) is 0 Å². The minimum absolute atomic E-state index is 0.511. The van der Waals surface area contributed by atoms with E-state index in [0.717, 1.165) is 12.1 Å². The molecule has 9 heavy (non-hydrogen) atoms. The van der Waals surface area contributed by atoms with Crippen molar-refractivity contribution in [2.24, 2.45) is 10.9 Å². The van der Waals surface area contributed by atoms with Gasteiger partial charge in [0.15, 0.2) is 0 Å². The van der Waals surface area contributed by atoms with Crippen LogP contribution in [0.25, 0.3) is 0 Å². The summed E-state index contributed by atoms with van der Waals surface area (Å²) in [5, 5.41) is 3.77. The molecule has 0 fully saturated rings. The first-order valence-electron chi connectivity index (χ1n) is 3.16. The zero-order valence-corrected chi connectivity index (χ0v) is 6.05. The lowest BCUT2D eigenvalue weighted by molar-refractivity contribution is 0.151. The van der Waals surface area contributed by atoms with E-state index in [4.69, 9.17) is 10.6 Å². The Morgan fingerprint density at radius 1 is 1.67 bits per heavy atom. The zero-order valence-electron chi connectivity index (χ0n) is 6.05. The molecule has 3 nitrogen and oxygen atoms in total. The summed E-state index contributed by atoms with van der Waals surface area (Å²) >= 11 is 0. The number of hydrogen-bond donors (Lipinski definition) is 1. The van der Waals surface area contributed by atoms with E-state index in [1.165, 1.54) is 0 Å². The van der Waals surface area contributed by atoms with E-state index < -0.39 is 0 Å². The largest absolute Gasteiger partial charge is 0.395 e. The summed E-state index contributed by atoms with van der Waals surface area (Å²) in [5.41, 5.74) is 6.17. The van der Waals surface area contributed by atoms with E-state index in [1.807, 2.05) is 13.8 Å². The van der Waals surface area contributed by atoms with Gasteiger partial charge in [-0.3, -0.25) is 0 Å². The van der Waals surface area contributed by atoms with E-state index in [9.17, 15) is 0 Å². The third-order valence-corrected chi connectivity index (χ3v) is 0.941. The molecule has 0 heterocycles. The van der Waals surface area contributed by atoms with Crippen molar-refractivity contribution in [3.05, 3.63) is 0 Å². The Kier molecular flexibility index (Phi) is 5.21. The average molecular weight is 130 g/mol. The Morgan fingerprint density at radius 3 is 2.78 bits per heavy atom. The fraction of sp³-hybridized carbons (Fsp3) is 0.833. The lowest BCUT2D eigenvalue weighted by Crippen LogP contribution is -2.06. The second-order valence-electron chi connectivity index (χ2n) is 1.80. The van der Waals surface area contributed by atoms with E-state index in [0.29, 0.717) is 13.2 Å². The standard InChI is InChI=1S/C6H14N2O/c1-3-6(2)8-9-5-4-7/h3-5,7H2,1-2H3. The number of hydrogen-bond acceptors (Lipinski definition) is 3. The van der Waals surface area contributed by atoms with E-state index in [2.05, 4.69) is 5.16 Å². The number of nitrogens with zero attached hydrogens (tertiary/aromatic N) is 1. The Balaban J connectivity index is 3.21. The fourth-order valence-corrected chi connectivity index (χ4v) is 0.273. The third kappa shape index (κ3) is 5.30. The van der Waals surface area contributed by atoms with Crippen molar-refractivity contribution >= 4 is 5.71 Å². The van der Waals surface area contributed by atoms with Crippen molar-refractivity contribution < 1.29 is 4.84 Å². The molecule has 0 aliphatic carbocycles. The molecule has 0 saturated carbocycles. The Bertz CT molecular complexity index is 91.1. The summed E-state index contributed by atoms with van der Waals surface area (Å²) in [5.74, 6) is 0.